The molecule has 0 bridgehead atoms. The lowest BCUT2D eigenvalue weighted by atomic mass is 9.93. The van der Waals surface area contributed by atoms with Gasteiger partial charge in [-0.15, -0.1) is 0 Å². The molecule has 7 heteroatoms. The van der Waals surface area contributed by atoms with Crippen LogP contribution in [0.25, 0.3) is 0 Å². The van der Waals surface area contributed by atoms with E-state index in [1.54, 1.807) is 12.1 Å². The first kappa shape index (κ1) is 15.0. The minimum atomic E-state index is -0.774. The Morgan fingerprint density at radius 2 is 2.10 bits per heavy atom. The first-order valence-corrected chi connectivity index (χ1v) is 7.46. The number of nitrogens with zero attached hydrogens (tertiary/aromatic N) is 2. The Hall–Kier alpha value is -1.38. The molecule has 1 aromatic carbocycles. The third-order valence-electron chi connectivity index (χ3n) is 3.55. The van der Waals surface area contributed by atoms with E-state index in [0.717, 1.165) is 16.4 Å². The molecule has 0 atom stereocenters. The van der Waals surface area contributed by atoms with Gasteiger partial charge in [-0.3, -0.25) is 14.9 Å². The van der Waals surface area contributed by atoms with Crippen LogP contribution in [0, 0.1) is 19.6 Å². The summed E-state index contributed by atoms with van der Waals surface area (Å²) in [7, 11) is 0. The summed E-state index contributed by atoms with van der Waals surface area (Å²) in [5.74, 6) is -0.602. The van der Waals surface area contributed by atoms with Crippen molar-refractivity contribution in [2.45, 2.75) is 19.3 Å². The number of halogens is 1. The number of carbonyl (C=O) groups is 1. The Balaban J connectivity index is 2.11. The number of benzene rings is 1. The molecule has 0 unspecified atom stereocenters. The standard InChI is InChI=1S/C13H15IN2O4/c14-10-1-2-11(12(8-10)16(19)20)15-5-3-9(4-6-15)7-13(17)18/h1-2,8-9H,3-7H2,(H,17,18). The van der Waals surface area contributed by atoms with Crippen LogP contribution in [-0.4, -0.2) is 29.1 Å². The molecule has 1 saturated heterocycles. The van der Waals surface area contributed by atoms with Crippen molar-refractivity contribution in [3.8, 4) is 0 Å². The Morgan fingerprint density at radius 3 is 2.65 bits per heavy atom. The van der Waals surface area contributed by atoms with E-state index >= 15 is 0 Å². The van der Waals surface area contributed by atoms with Crippen LogP contribution in [0.15, 0.2) is 18.2 Å². The van der Waals surface area contributed by atoms with Gasteiger partial charge in [-0.1, -0.05) is 0 Å². The first-order valence-electron chi connectivity index (χ1n) is 6.38. The van der Waals surface area contributed by atoms with Gasteiger partial charge in [0.2, 0.25) is 0 Å². The largest absolute Gasteiger partial charge is 0.481 e. The molecule has 6 nitrogen and oxygen atoms in total. The summed E-state index contributed by atoms with van der Waals surface area (Å²) in [5.41, 5.74) is 0.748. The summed E-state index contributed by atoms with van der Waals surface area (Å²) < 4.78 is 0.832. The first-order chi connectivity index (χ1) is 9.47. The average molecular weight is 390 g/mol. The Labute approximate surface area is 130 Å². The number of nitro benzene ring substituents is 1. The van der Waals surface area contributed by atoms with Crippen LogP contribution in [0.1, 0.15) is 19.3 Å². The fourth-order valence-corrected chi connectivity index (χ4v) is 3.01. The third kappa shape index (κ3) is 3.59. The van der Waals surface area contributed by atoms with E-state index in [1.165, 1.54) is 0 Å². The van der Waals surface area contributed by atoms with Gasteiger partial charge in [0.15, 0.2) is 0 Å². The van der Waals surface area contributed by atoms with Gasteiger partial charge in [0.05, 0.1) is 4.92 Å². The minimum Gasteiger partial charge on any atom is -0.481 e. The van der Waals surface area contributed by atoms with Gasteiger partial charge < -0.3 is 10.0 Å². The zero-order valence-corrected chi connectivity index (χ0v) is 12.9. The monoisotopic (exact) mass is 390 g/mol. The van der Waals surface area contributed by atoms with Gasteiger partial charge in [0, 0.05) is 29.1 Å². The quantitative estimate of drug-likeness (QED) is 0.486. The van der Waals surface area contributed by atoms with Crippen molar-refractivity contribution in [3.63, 3.8) is 0 Å². The van der Waals surface area contributed by atoms with Gasteiger partial charge in [-0.05, 0) is 53.5 Å². The SMILES string of the molecule is O=C(O)CC1CCN(c2ccc(I)cc2[N+](=O)[O-])CC1. The third-order valence-corrected chi connectivity index (χ3v) is 4.22. The maximum absolute atomic E-state index is 11.1. The number of anilines is 1. The van der Waals surface area contributed by atoms with Gasteiger partial charge in [0.1, 0.15) is 5.69 Å². The second kappa shape index (κ2) is 6.38. The molecule has 1 N–H and O–H groups in total. The minimum absolute atomic E-state index is 0.119. The maximum atomic E-state index is 11.1. The molecule has 0 spiro atoms. The second-order valence-corrected chi connectivity index (χ2v) is 6.16. The van der Waals surface area contributed by atoms with Crippen LogP contribution in [0.2, 0.25) is 0 Å². The lowest BCUT2D eigenvalue weighted by Gasteiger charge is -2.32. The van der Waals surface area contributed by atoms with Gasteiger partial charge in [-0.25, -0.2) is 0 Å². The molecular formula is C13H15IN2O4. The summed E-state index contributed by atoms with van der Waals surface area (Å²) in [6.45, 7) is 1.33. The highest BCUT2D eigenvalue weighted by Crippen LogP contribution is 2.33. The van der Waals surface area contributed by atoms with Crippen molar-refractivity contribution in [1.29, 1.82) is 0 Å². The molecule has 1 aromatic rings. The van der Waals surface area contributed by atoms with Crippen molar-refractivity contribution >= 4 is 39.9 Å². The Morgan fingerprint density at radius 1 is 1.45 bits per heavy atom. The number of hydrogen-bond donors (Lipinski definition) is 1. The number of nitro groups is 1. The van der Waals surface area contributed by atoms with E-state index in [9.17, 15) is 14.9 Å². The van der Waals surface area contributed by atoms with E-state index in [-0.39, 0.29) is 22.9 Å². The highest BCUT2D eigenvalue weighted by atomic mass is 127. The molecular weight excluding hydrogens is 375 g/mol. The lowest BCUT2D eigenvalue weighted by molar-refractivity contribution is -0.384. The highest BCUT2D eigenvalue weighted by molar-refractivity contribution is 14.1. The van der Waals surface area contributed by atoms with E-state index in [2.05, 4.69) is 22.6 Å². The fourth-order valence-electron chi connectivity index (χ4n) is 2.54. The predicted molar refractivity (Wildman–Crippen MR) is 83.0 cm³/mol. The Kier molecular flexibility index (Phi) is 4.79. The molecule has 0 aromatic heterocycles. The second-order valence-electron chi connectivity index (χ2n) is 4.92. The van der Waals surface area contributed by atoms with Crippen LogP contribution < -0.4 is 4.90 Å². The van der Waals surface area contributed by atoms with Crippen LogP contribution in [0.5, 0.6) is 0 Å². The zero-order chi connectivity index (χ0) is 14.7. The number of piperidine rings is 1. The number of carboxylic acids is 1. The molecule has 1 aliphatic heterocycles. The maximum Gasteiger partial charge on any atom is 0.303 e. The number of hydrogen-bond acceptors (Lipinski definition) is 4. The molecule has 0 aliphatic carbocycles. The number of rotatable bonds is 4. The smallest absolute Gasteiger partial charge is 0.303 e. The molecule has 1 aliphatic rings. The highest BCUT2D eigenvalue weighted by Gasteiger charge is 2.25. The van der Waals surface area contributed by atoms with Crippen molar-refractivity contribution in [2.24, 2.45) is 5.92 Å². The molecule has 1 fully saturated rings. The van der Waals surface area contributed by atoms with E-state index < -0.39 is 5.97 Å². The van der Waals surface area contributed by atoms with Crippen molar-refractivity contribution in [3.05, 3.63) is 31.9 Å². The lowest BCUT2D eigenvalue weighted by Crippen LogP contribution is -2.34. The van der Waals surface area contributed by atoms with Gasteiger partial charge in [0.25, 0.3) is 5.69 Å². The predicted octanol–water partition coefficient (Wildman–Crippen LogP) is 2.89. The summed E-state index contributed by atoms with van der Waals surface area (Å²) in [6.07, 6.45) is 1.70. The average Bonchev–Trinajstić information content (AvgIpc) is 2.39. The number of carboxylic acid groups (broad SMARTS) is 1. The normalized spacial score (nSPS) is 16.1. The molecule has 1 heterocycles. The van der Waals surface area contributed by atoms with Gasteiger partial charge in [-0.2, -0.15) is 0 Å². The van der Waals surface area contributed by atoms with Crippen LogP contribution in [0.3, 0.4) is 0 Å². The molecule has 2 rings (SSSR count). The fraction of sp³-hybridized carbons (Fsp3) is 0.462. The molecule has 0 amide bonds. The van der Waals surface area contributed by atoms with E-state index in [1.807, 2.05) is 11.0 Å². The topological polar surface area (TPSA) is 83.7 Å². The molecule has 0 saturated carbocycles. The summed E-state index contributed by atoms with van der Waals surface area (Å²) in [6, 6.07) is 5.20. The van der Waals surface area contributed by atoms with E-state index in [0.29, 0.717) is 18.8 Å². The van der Waals surface area contributed by atoms with Crippen molar-refractivity contribution in [1.82, 2.24) is 0 Å². The van der Waals surface area contributed by atoms with Crippen molar-refractivity contribution in [2.75, 3.05) is 18.0 Å². The summed E-state index contributed by atoms with van der Waals surface area (Å²) in [5, 5.41) is 19.9. The summed E-state index contributed by atoms with van der Waals surface area (Å²) in [4.78, 5) is 23.4. The zero-order valence-electron chi connectivity index (χ0n) is 10.8. The molecule has 0 radical (unpaired) electrons. The van der Waals surface area contributed by atoms with Crippen LogP contribution >= 0.6 is 22.6 Å². The van der Waals surface area contributed by atoms with Gasteiger partial charge >= 0.3 is 5.97 Å². The number of aliphatic carboxylic acids is 1. The molecule has 20 heavy (non-hydrogen) atoms. The van der Waals surface area contributed by atoms with Crippen molar-refractivity contribution < 1.29 is 14.8 Å². The summed E-state index contributed by atoms with van der Waals surface area (Å²) >= 11 is 2.05. The van der Waals surface area contributed by atoms with Crippen LogP contribution in [0.4, 0.5) is 11.4 Å². The van der Waals surface area contributed by atoms with Crippen LogP contribution in [-0.2, 0) is 4.79 Å². The molecule has 108 valence electrons. The Bertz CT molecular complexity index is 527. The van der Waals surface area contributed by atoms with E-state index in [4.69, 9.17) is 5.11 Å².